The average Bonchev–Trinajstić information content (AvgIpc) is 3.31. The standard InChI is InChI=1S/C23H14ClN5O3/c1-11-16(21-12(2)18(10-26)23(27)28-22(21)17(11)9-25)8-14-4-6-20(32-14)15-5-3-13(29(30)31)7-19(15)24/h3-8H,1-2H3,(H2,27,28)/p+1/b16-8+. The van der Waals surface area contributed by atoms with Gasteiger partial charge in [-0.1, -0.05) is 11.6 Å². The maximum absolute atomic E-state index is 10.9. The van der Waals surface area contributed by atoms with Crippen LogP contribution in [0, 0.1) is 39.7 Å². The molecule has 0 spiro atoms. The highest BCUT2D eigenvalue weighted by molar-refractivity contribution is 6.33. The fraction of sp³-hybridized carbons (Fsp3) is 0.0870. The second-order valence-electron chi connectivity index (χ2n) is 7.19. The van der Waals surface area contributed by atoms with Gasteiger partial charge < -0.3 is 4.42 Å². The number of nitriles is 2. The summed E-state index contributed by atoms with van der Waals surface area (Å²) in [5.74, 6) is 1.14. The first-order chi connectivity index (χ1) is 15.3. The third-order valence-electron chi connectivity index (χ3n) is 5.39. The smallest absolute Gasteiger partial charge is 0.289 e. The van der Waals surface area contributed by atoms with E-state index in [1.54, 1.807) is 25.1 Å². The van der Waals surface area contributed by atoms with Gasteiger partial charge in [-0.2, -0.15) is 10.5 Å². The minimum Gasteiger partial charge on any atom is -0.457 e. The number of aromatic nitrogens is 1. The van der Waals surface area contributed by atoms with Crippen LogP contribution in [0.5, 0.6) is 0 Å². The van der Waals surface area contributed by atoms with Crippen LogP contribution in [0.25, 0.3) is 28.5 Å². The normalized spacial score (nSPS) is 13.7. The fourth-order valence-corrected chi connectivity index (χ4v) is 4.08. The molecule has 2 aromatic heterocycles. The summed E-state index contributed by atoms with van der Waals surface area (Å²) in [5.41, 5.74) is 10.5. The Morgan fingerprint density at radius 2 is 1.97 bits per heavy atom. The molecular weight excluding hydrogens is 430 g/mol. The summed E-state index contributed by atoms with van der Waals surface area (Å²) < 4.78 is 5.93. The predicted molar refractivity (Wildman–Crippen MR) is 119 cm³/mol. The number of anilines is 1. The Morgan fingerprint density at radius 3 is 2.59 bits per heavy atom. The van der Waals surface area contributed by atoms with Crippen LogP contribution in [0.1, 0.15) is 35.1 Å². The van der Waals surface area contributed by atoms with E-state index in [4.69, 9.17) is 21.8 Å². The van der Waals surface area contributed by atoms with Crippen molar-refractivity contribution in [3.05, 3.63) is 79.2 Å². The number of nitrogens with one attached hydrogen (secondary N) is 1. The minimum atomic E-state index is -0.519. The minimum absolute atomic E-state index is 0.112. The summed E-state index contributed by atoms with van der Waals surface area (Å²) in [6.45, 7) is 3.60. The van der Waals surface area contributed by atoms with E-state index in [-0.39, 0.29) is 16.5 Å². The van der Waals surface area contributed by atoms with Gasteiger partial charge in [0.15, 0.2) is 5.69 Å². The van der Waals surface area contributed by atoms with Gasteiger partial charge in [0, 0.05) is 23.3 Å². The number of benzene rings is 1. The van der Waals surface area contributed by atoms with Crippen molar-refractivity contribution in [2.45, 2.75) is 13.8 Å². The Balaban J connectivity index is 1.83. The van der Waals surface area contributed by atoms with Crippen molar-refractivity contribution in [2.75, 3.05) is 5.73 Å². The summed E-state index contributed by atoms with van der Waals surface area (Å²) in [5, 5.41) is 30.3. The van der Waals surface area contributed by atoms with Gasteiger partial charge in [-0.3, -0.25) is 15.8 Å². The molecule has 0 amide bonds. The molecule has 32 heavy (non-hydrogen) atoms. The highest BCUT2D eigenvalue weighted by Crippen LogP contribution is 2.43. The molecule has 8 nitrogen and oxygen atoms in total. The molecule has 0 unspecified atom stereocenters. The van der Waals surface area contributed by atoms with E-state index in [0.29, 0.717) is 39.5 Å². The van der Waals surface area contributed by atoms with Crippen molar-refractivity contribution in [3.63, 3.8) is 0 Å². The highest BCUT2D eigenvalue weighted by Gasteiger charge is 2.32. The number of furan rings is 1. The number of allylic oxidation sites excluding steroid dienone is 3. The first kappa shape index (κ1) is 20.9. The van der Waals surface area contributed by atoms with Gasteiger partial charge in [-0.05, 0) is 54.8 Å². The molecule has 0 bridgehead atoms. The Kier molecular flexibility index (Phi) is 5.01. The monoisotopic (exact) mass is 444 g/mol. The Hall–Kier alpha value is -4.40. The number of nitro benzene ring substituents is 1. The van der Waals surface area contributed by atoms with Crippen LogP contribution in [-0.4, -0.2) is 4.92 Å². The van der Waals surface area contributed by atoms with Gasteiger partial charge in [0.05, 0.1) is 9.95 Å². The molecule has 0 atom stereocenters. The van der Waals surface area contributed by atoms with Crippen molar-refractivity contribution in [1.82, 2.24) is 0 Å². The molecule has 0 saturated heterocycles. The van der Waals surface area contributed by atoms with Gasteiger partial charge in [-0.15, -0.1) is 0 Å². The Labute approximate surface area is 187 Å². The molecule has 3 N–H and O–H groups in total. The van der Waals surface area contributed by atoms with Crippen LogP contribution in [0.2, 0.25) is 5.02 Å². The zero-order valence-corrected chi connectivity index (χ0v) is 17.7. The van der Waals surface area contributed by atoms with Gasteiger partial charge in [-0.25, -0.2) is 4.98 Å². The van der Waals surface area contributed by atoms with Gasteiger partial charge in [0.25, 0.3) is 11.5 Å². The molecule has 3 aromatic rings. The molecule has 9 heteroatoms. The predicted octanol–water partition coefficient (Wildman–Crippen LogP) is 4.94. The number of non-ortho nitro benzene ring substituents is 1. The van der Waals surface area contributed by atoms with E-state index in [0.717, 1.165) is 16.7 Å². The van der Waals surface area contributed by atoms with Crippen molar-refractivity contribution >= 4 is 40.3 Å². The van der Waals surface area contributed by atoms with Crippen LogP contribution in [0.4, 0.5) is 11.5 Å². The number of H-pyrrole nitrogens is 1. The third-order valence-corrected chi connectivity index (χ3v) is 5.71. The molecule has 156 valence electrons. The summed E-state index contributed by atoms with van der Waals surface area (Å²) in [7, 11) is 0. The molecule has 0 aliphatic heterocycles. The van der Waals surface area contributed by atoms with Gasteiger partial charge >= 0.3 is 0 Å². The number of rotatable bonds is 3. The van der Waals surface area contributed by atoms with E-state index in [2.05, 4.69) is 17.1 Å². The van der Waals surface area contributed by atoms with Crippen molar-refractivity contribution < 1.29 is 14.3 Å². The molecule has 2 heterocycles. The van der Waals surface area contributed by atoms with Crippen LogP contribution < -0.4 is 10.7 Å². The van der Waals surface area contributed by atoms with Crippen molar-refractivity contribution in [1.29, 1.82) is 10.5 Å². The maximum atomic E-state index is 10.9. The SMILES string of the molecule is CC1=C(C#N)c2[nH+]c(N)c(C#N)c(C)c2/C1=C/c1ccc(-c2ccc([N+](=O)[O-])cc2Cl)o1. The first-order valence-corrected chi connectivity index (χ1v) is 9.78. The lowest BCUT2D eigenvalue weighted by Crippen LogP contribution is -2.20. The summed E-state index contributed by atoms with van der Waals surface area (Å²) in [6, 6.07) is 11.9. The lowest BCUT2D eigenvalue weighted by Gasteiger charge is -2.07. The fourth-order valence-electron chi connectivity index (χ4n) is 3.81. The van der Waals surface area contributed by atoms with E-state index >= 15 is 0 Å². The molecule has 1 aromatic carbocycles. The third kappa shape index (κ3) is 3.20. The quantitative estimate of drug-likeness (QED) is 0.447. The second kappa shape index (κ2) is 7.69. The van der Waals surface area contributed by atoms with E-state index in [9.17, 15) is 20.6 Å². The van der Waals surface area contributed by atoms with Crippen LogP contribution in [-0.2, 0) is 0 Å². The van der Waals surface area contributed by atoms with Gasteiger partial charge in [0.1, 0.15) is 34.8 Å². The molecule has 1 aliphatic rings. The number of halogens is 1. The Bertz CT molecular complexity index is 1470. The van der Waals surface area contributed by atoms with Crippen LogP contribution >= 0.6 is 11.6 Å². The highest BCUT2D eigenvalue weighted by atomic mass is 35.5. The summed E-state index contributed by atoms with van der Waals surface area (Å²) >= 11 is 6.21. The summed E-state index contributed by atoms with van der Waals surface area (Å²) in [4.78, 5) is 13.4. The Morgan fingerprint density at radius 1 is 1.22 bits per heavy atom. The number of nitrogens with zero attached hydrogens (tertiary/aromatic N) is 3. The number of hydrogen-bond donors (Lipinski definition) is 1. The number of hydrogen-bond acceptors (Lipinski definition) is 6. The lowest BCUT2D eigenvalue weighted by atomic mass is 9.96. The summed E-state index contributed by atoms with van der Waals surface area (Å²) in [6.07, 6.45) is 1.78. The van der Waals surface area contributed by atoms with E-state index < -0.39 is 4.92 Å². The second-order valence-corrected chi connectivity index (χ2v) is 7.60. The number of fused-ring (bicyclic) bond motifs is 1. The first-order valence-electron chi connectivity index (χ1n) is 9.40. The zero-order chi connectivity index (χ0) is 23.2. The van der Waals surface area contributed by atoms with Crippen molar-refractivity contribution in [2.24, 2.45) is 0 Å². The molecule has 4 rings (SSSR count). The molecule has 0 saturated carbocycles. The molecule has 1 aliphatic carbocycles. The van der Waals surface area contributed by atoms with Crippen molar-refractivity contribution in [3.8, 4) is 23.5 Å². The van der Waals surface area contributed by atoms with E-state index in [1.807, 2.05) is 6.92 Å². The topological polar surface area (TPSA) is 144 Å². The number of nitrogens with two attached hydrogens (primary N) is 1. The van der Waals surface area contributed by atoms with Crippen LogP contribution in [0.3, 0.4) is 0 Å². The number of nitrogen functional groups attached to an aromatic ring is 1. The largest absolute Gasteiger partial charge is 0.457 e. The van der Waals surface area contributed by atoms with E-state index in [1.165, 1.54) is 18.2 Å². The molecule has 0 radical (unpaired) electrons. The number of nitro groups is 1. The zero-order valence-electron chi connectivity index (χ0n) is 17.0. The number of pyridine rings is 1. The van der Waals surface area contributed by atoms with Crippen LogP contribution in [0.15, 0.2) is 40.3 Å². The lowest BCUT2D eigenvalue weighted by molar-refractivity contribution is -0.384. The maximum Gasteiger partial charge on any atom is 0.289 e. The number of aromatic amines is 1. The molecule has 0 fully saturated rings. The van der Waals surface area contributed by atoms with Gasteiger partial charge in [0.2, 0.25) is 0 Å². The molecular formula is C23H15ClN5O3+. The average molecular weight is 445 g/mol.